The standard InChI is InChI=1S/C27H27FIN3O/c1-32(14-11-19-4-10-26(31)25(29)16-19)13-2-12-27(22-5-7-23(28)8-6-22)24-9-3-20(17-30)15-21(24)18-33-27/h3-10,15-16H,2,11-14,18,31H2,1H3/t27-/m0/s1. The van der Waals surface area contributed by atoms with Crippen LogP contribution in [0.2, 0.25) is 0 Å². The molecule has 170 valence electrons. The van der Waals surface area contributed by atoms with Gasteiger partial charge in [-0.3, -0.25) is 0 Å². The van der Waals surface area contributed by atoms with Crippen LogP contribution in [0.5, 0.6) is 0 Å². The van der Waals surface area contributed by atoms with Crippen molar-refractivity contribution in [2.24, 2.45) is 0 Å². The maximum Gasteiger partial charge on any atom is 0.123 e. The first-order valence-electron chi connectivity index (χ1n) is 11.1. The van der Waals surface area contributed by atoms with Gasteiger partial charge in [-0.05, 0) is 114 Å². The van der Waals surface area contributed by atoms with Crippen LogP contribution < -0.4 is 5.73 Å². The third-order valence-electron chi connectivity index (χ3n) is 6.37. The molecular formula is C27H27FIN3O. The highest BCUT2D eigenvalue weighted by atomic mass is 127. The van der Waals surface area contributed by atoms with E-state index in [1.54, 1.807) is 0 Å². The molecule has 6 heteroatoms. The summed E-state index contributed by atoms with van der Waals surface area (Å²) in [6, 6.07) is 20.8. The second-order valence-electron chi connectivity index (χ2n) is 8.62. The van der Waals surface area contributed by atoms with Crippen molar-refractivity contribution < 1.29 is 9.13 Å². The van der Waals surface area contributed by atoms with Crippen molar-refractivity contribution in [3.63, 3.8) is 0 Å². The van der Waals surface area contributed by atoms with Crippen molar-refractivity contribution in [3.05, 3.63) is 97.9 Å². The molecule has 0 aliphatic carbocycles. The Morgan fingerprint density at radius 2 is 1.91 bits per heavy atom. The summed E-state index contributed by atoms with van der Waals surface area (Å²) >= 11 is 2.27. The predicted octanol–water partition coefficient (Wildman–Crippen LogP) is 5.61. The van der Waals surface area contributed by atoms with Crippen molar-refractivity contribution in [1.82, 2.24) is 4.90 Å². The van der Waals surface area contributed by atoms with Gasteiger partial charge in [0.05, 0.1) is 18.2 Å². The number of likely N-dealkylation sites (N-methyl/N-ethyl adjacent to an activating group) is 1. The minimum atomic E-state index is -0.620. The number of fused-ring (bicyclic) bond motifs is 1. The van der Waals surface area contributed by atoms with Crippen LogP contribution in [-0.2, 0) is 23.4 Å². The number of nitrogen functional groups attached to an aromatic ring is 1. The third kappa shape index (κ3) is 5.21. The Labute approximate surface area is 208 Å². The lowest BCUT2D eigenvalue weighted by Crippen LogP contribution is -2.30. The van der Waals surface area contributed by atoms with E-state index in [4.69, 9.17) is 10.5 Å². The predicted molar refractivity (Wildman–Crippen MR) is 137 cm³/mol. The van der Waals surface area contributed by atoms with E-state index in [-0.39, 0.29) is 5.82 Å². The largest absolute Gasteiger partial charge is 0.398 e. The minimum Gasteiger partial charge on any atom is -0.398 e. The van der Waals surface area contributed by atoms with Crippen molar-refractivity contribution in [2.75, 3.05) is 25.9 Å². The molecule has 0 spiro atoms. The Hall–Kier alpha value is -2.47. The minimum absolute atomic E-state index is 0.260. The Morgan fingerprint density at radius 1 is 1.12 bits per heavy atom. The lowest BCUT2D eigenvalue weighted by atomic mass is 9.81. The molecule has 3 aromatic rings. The van der Waals surface area contributed by atoms with Crippen molar-refractivity contribution >= 4 is 28.3 Å². The van der Waals surface area contributed by atoms with Crippen LogP contribution in [0.1, 0.15) is 40.7 Å². The lowest BCUT2D eigenvalue weighted by Gasteiger charge is -2.31. The van der Waals surface area contributed by atoms with Crippen LogP contribution in [0.4, 0.5) is 10.1 Å². The van der Waals surface area contributed by atoms with Crippen molar-refractivity contribution in [2.45, 2.75) is 31.5 Å². The number of hydrogen-bond donors (Lipinski definition) is 1. The van der Waals surface area contributed by atoms with Crippen LogP contribution in [0.25, 0.3) is 0 Å². The quantitative estimate of drug-likeness (QED) is 0.290. The maximum atomic E-state index is 13.6. The first kappa shape index (κ1) is 23.7. The monoisotopic (exact) mass is 555 g/mol. The van der Waals surface area contributed by atoms with Crippen LogP contribution in [0.3, 0.4) is 0 Å². The number of halogens is 2. The van der Waals surface area contributed by atoms with E-state index in [0.29, 0.717) is 12.2 Å². The molecule has 4 nitrogen and oxygen atoms in total. The number of nitriles is 1. The Morgan fingerprint density at radius 3 is 2.64 bits per heavy atom. The average Bonchev–Trinajstić information content (AvgIpc) is 3.19. The molecule has 0 fully saturated rings. The third-order valence-corrected chi connectivity index (χ3v) is 7.30. The Bertz CT molecular complexity index is 1170. The number of nitrogens with two attached hydrogens (primary N) is 1. The zero-order chi connectivity index (χ0) is 23.4. The van der Waals surface area contributed by atoms with E-state index in [2.05, 4.69) is 52.7 Å². The molecule has 0 unspecified atom stereocenters. The van der Waals surface area contributed by atoms with E-state index in [0.717, 1.165) is 58.3 Å². The van der Waals surface area contributed by atoms with Crippen LogP contribution in [0, 0.1) is 20.7 Å². The average molecular weight is 555 g/mol. The maximum absolute atomic E-state index is 13.6. The van der Waals surface area contributed by atoms with E-state index in [1.165, 1.54) is 17.7 Å². The lowest BCUT2D eigenvalue weighted by molar-refractivity contribution is -0.0142. The van der Waals surface area contributed by atoms with Gasteiger partial charge in [0.15, 0.2) is 0 Å². The highest BCUT2D eigenvalue weighted by molar-refractivity contribution is 14.1. The van der Waals surface area contributed by atoms with Gasteiger partial charge < -0.3 is 15.4 Å². The number of nitrogens with zero attached hydrogens (tertiary/aromatic N) is 2. The zero-order valence-corrected chi connectivity index (χ0v) is 20.8. The zero-order valence-electron chi connectivity index (χ0n) is 18.7. The summed E-state index contributed by atoms with van der Waals surface area (Å²) in [6.07, 6.45) is 2.67. The van der Waals surface area contributed by atoms with Crippen LogP contribution in [-0.4, -0.2) is 25.0 Å². The fourth-order valence-electron chi connectivity index (χ4n) is 4.52. The molecule has 0 aromatic heterocycles. The molecule has 0 radical (unpaired) electrons. The summed E-state index contributed by atoms with van der Waals surface area (Å²) in [5, 5.41) is 9.27. The Balaban J connectivity index is 1.46. The highest BCUT2D eigenvalue weighted by Crippen LogP contribution is 2.45. The van der Waals surface area contributed by atoms with Crippen molar-refractivity contribution in [3.8, 4) is 6.07 Å². The van der Waals surface area contributed by atoms with Gasteiger partial charge in [-0.25, -0.2) is 4.39 Å². The molecule has 1 aliphatic rings. The summed E-state index contributed by atoms with van der Waals surface area (Å²) in [7, 11) is 2.13. The first-order valence-corrected chi connectivity index (χ1v) is 12.1. The van der Waals surface area contributed by atoms with E-state index >= 15 is 0 Å². The van der Waals surface area contributed by atoms with Gasteiger partial charge in [0, 0.05) is 15.8 Å². The van der Waals surface area contributed by atoms with E-state index in [1.807, 2.05) is 36.4 Å². The molecule has 0 bridgehead atoms. The number of benzene rings is 3. The van der Waals surface area contributed by atoms with Crippen LogP contribution >= 0.6 is 22.6 Å². The molecule has 1 atom stereocenters. The molecule has 33 heavy (non-hydrogen) atoms. The molecule has 1 heterocycles. The van der Waals surface area contributed by atoms with Gasteiger partial charge in [-0.15, -0.1) is 0 Å². The van der Waals surface area contributed by atoms with Crippen LogP contribution in [0.15, 0.2) is 60.7 Å². The normalized spacial score (nSPS) is 17.2. The molecule has 2 N–H and O–H groups in total. The fraction of sp³-hybridized carbons (Fsp3) is 0.296. The van der Waals surface area contributed by atoms with Gasteiger partial charge in [0.2, 0.25) is 0 Å². The second-order valence-corrected chi connectivity index (χ2v) is 9.78. The summed E-state index contributed by atoms with van der Waals surface area (Å²) in [6.45, 7) is 2.32. The number of ether oxygens (including phenoxy) is 1. The number of hydrogen-bond acceptors (Lipinski definition) is 4. The number of anilines is 1. The molecule has 3 aromatic carbocycles. The summed E-state index contributed by atoms with van der Waals surface area (Å²) < 4.78 is 21.1. The molecular weight excluding hydrogens is 528 g/mol. The molecule has 0 saturated heterocycles. The molecule has 0 saturated carbocycles. The topological polar surface area (TPSA) is 62.3 Å². The van der Waals surface area contributed by atoms with Gasteiger partial charge in [0.1, 0.15) is 11.4 Å². The summed E-state index contributed by atoms with van der Waals surface area (Å²) in [5.74, 6) is -0.260. The van der Waals surface area contributed by atoms with E-state index < -0.39 is 5.60 Å². The highest BCUT2D eigenvalue weighted by Gasteiger charge is 2.41. The van der Waals surface area contributed by atoms with Gasteiger partial charge in [-0.1, -0.05) is 24.3 Å². The summed E-state index contributed by atoms with van der Waals surface area (Å²) in [4.78, 5) is 2.33. The molecule has 1 aliphatic heterocycles. The van der Waals surface area contributed by atoms with Gasteiger partial charge in [-0.2, -0.15) is 5.26 Å². The second kappa shape index (κ2) is 10.2. The first-order chi connectivity index (χ1) is 15.9. The molecule has 0 amide bonds. The smallest absolute Gasteiger partial charge is 0.123 e. The van der Waals surface area contributed by atoms with Gasteiger partial charge >= 0.3 is 0 Å². The van der Waals surface area contributed by atoms with Crippen molar-refractivity contribution in [1.29, 1.82) is 5.26 Å². The summed E-state index contributed by atoms with van der Waals surface area (Å²) in [5.41, 5.74) is 11.1. The van der Waals surface area contributed by atoms with E-state index in [9.17, 15) is 9.65 Å². The number of rotatable bonds is 8. The SMILES string of the molecule is CN(CCC[C@@]1(c2ccc(F)cc2)OCc2cc(C#N)ccc21)CCc1ccc(N)c(I)c1. The Kier molecular flexibility index (Phi) is 7.32. The van der Waals surface area contributed by atoms with Gasteiger partial charge in [0.25, 0.3) is 0 Å². The molecule has 4 rings (SSSR count). The fourth-order valence-corrected chi connectivity index (χ4v) is 5.10.